The highest BCUT2D eigenvalue weighted by Crippen LogP contribution is 2.10. The van der Waals surface area contributed by atoms with E-state index in [0.29, 0.717) is 18.4 Å². The Morgan fingerprint density at radius 2 is 1.90 bits per heavy atom. The second kappa shape index (κ2) is 8.12. The number of hydrogen-bond acceptors (Lipinski definition) is 5. The zero-order valence-electron chi connectivity index (χ0n) is 11.6. The molecular formula is C15H18O5. The number of carbonyl (C=O) groups is 2. The van der Waals surface area contributed by atoms with Gasteiger partial charge in [-0.15, -0.1) is 4.89 Å². The zero-order chi connectivity index (χ0) is 15.0. The van der Waals surface area contributed by atoms with Gasteiger partial charge >= 0.3 is 11.9 Å². The fourth-order valence-electron chi connectivity index (χ4n) is 1.30. The van der Waals surface area contributed by atoms with Gasteiger partial charge in [-0.25, -0.2) is 9.59 Å². The van der Waals surface area contributed by atoms with Crippen molar-refractivity contribution in [1.82, 2.24) is 0 Å². The fourth-order valence-corrected chi connectivity index (χ4v) is 1.30. The summed E-state index contributed by atoms with van der Waals surface area (Å²) < 4.78 is 5.00. The standard InChI is InChI=1S/C15H18O5/c1-4-8-13(18-14(16)11(2)3)19-20-15(17)12-9-6-5-7-10-12/h5-7,9-10,13H,2,4,8H2,1,3H3. The van der Waals surface area contributed by atoms with Gasteiger partial charge in [-0.1, -0.05) is 38.1 Å². The van der Waals surface area contributed by atoms with Gasteiger partial charge in [-0.05, 0) is 19.1 Å². The third-order valence-corrected chi connectivity index (χ3v) is 2.35. The molecule has 5 nitrogen and oxygen atoms in total. The van der Waals surface area contributed by atoms with E-state index in [0.717, 1.165) is 0 Å². The summed E-state index contributed by atoms with van der Waals surface area (Å²) in [5.74, 6) is -1.22. The van der Waals surface area contributed by atoms with Gasteiger partial charge in [0, 0.05) is 12.0 Å². The molecule has 20 heavy (non-hydrogen) atoms. The van der Waals surface area contributed by atoms with Gasteiger partial charge in [0.25, 0.3) is 0 Å². The Kier molecular flexibility index (Phi) is 6.46. The highest BCUT2D eigenvalue weighted by molar-refractivity contribution is 5.89. The SMILES string of the molecule is C=C(C)C(=O)OC(CCC)OOC(=O)c1ccccc1. The molecule has 0 bridgehead atoms. The van der Waals surface area contributed by atoms with Crippen molar-refractivity contribution in [3.05, 3.63) is 48.0 Å². The number of benzene rings is 1. The van der Waals surface area contributed by atoms with E-state index in [1.54, 1.807) is 30.3 Å². The first-order valence-corrected chi connectivity index (χ1v) is 6.33. The molecule has 1 atom stereocenters. The van der Waals surface area contributed by atoms with Gasteiger partial charge in [-0.3, -0.25) is 4.89 Å². The predicted octanol–water partition coefficient (Wildman–Crippen LogP) is 3.02. The van der Waals surface area contributed by atoms with Gasteiger partial charge in [0.2, 0.25) is 6.29 Å². The summed E-state index contributed by atoms with van der Waals surface area (Å²) in [5.41, 5.74) is 0.609. The van der Waals surface area contributed by atoms with Crippen LogP contribution in [0.15, 0.2) is 42.5 Å². The topological polar surface area (TPSA) is 61.8 Å². The molecule has 0 radical (unpaired) electrons. The van der Waals surface area contributed by atoms with Crippen molar-refractivity contribution < 1.29 is 24.1 Å². The largest absolute Gasteiger partial charge is 0.428 e. The second-order valence-corrected chi connectivity index (χ2v) is 4.24. The third-order valence-electron chi connectivity index (χ3n) is 2.35. The van der Waals surface area contributed by atoms with E-state index in [-0.39, 0.29) is 5.57 Å². The summed E-state index contributed by atoms with van der Waals surface area (Å²) >= 11 is 0. The van der Waals surface area contributed by atoms with Gasteiger partial charge in [0.15, 0.2) is 0 Å². The minimum absolute atomic E-state index is 0.254. The molecule has 0 aromatic heterocycles. The van der Waals surface area contributed by atoms with E-state index in [4.69, 9.17) is 9.62 Å². The minimum Gasteiger partial charge on any atom is -0.428 e. The van der Waals surface area contributed by atoms with Gasteiger partial charge in [-0.2, -0.15) is 0 Å². The molecule has 1 unspecified atom stereocenters. The van der Waals surface area contributed by atoms with Crippen LogP contribution in [0.1, 0.15) is 37.0 Å². The number of esters is 1. The molecule has 0 fully saturated rings. The highest BCUT2D eigenvalue weighted by Gasteiger charge is 2.18. The molecule has 0 aliphatic heterocycles. The molecule has 5 heteroatoms. The molecule has 1 aromatic carbocycles. The molecule has 0 heterocycles. The summed E-state index contributed by atoms with van der Waals surface area (Å²) in [6.45, 7) is 6.90. The number of rotatable bonds is 7. The van der Waals surface area contributed by atoms with Crippen LogP contribution < -0.4 is 0 Å². The summed E-state index contributed by atoms with van der Waals surface area (Å²) in [6, 6.07) is 8.40. The molecule has 0 spiro atoms. The van der Waals surface area contributed by atoms with E-state index < -0.39 is 18.2 Å². The summed E-state index contributed by atoms with van der Waals surface area (Å²) in [7, 11) is 0. The summed E-state index contributed by atoms with van der Waals surface area (Å²) in [6.07, 6.45) is 0.190. The Labute approximate surface area is 118 Å². The number of carbonyl (C=O) groups excluding carboxylic acids is 2. The molecular weight excluding hydrogens is 260 g/mol. The maximum absolute atomic E-state index is 11.7. The van der Waals surface area contributed by atoms with Crippen LogP contribution in [0.5, 0.6) is 0 Å². The predicted molar refractivity (Wildman–Crippen MR) is 72.5 cm³/mol. The lowest BCUT2D eigenvalue weighted by atomic mass is 10.2. The van der Waals surface area contributed by atoms with Crippen molar-refractivity contribution in [2.45, 2.75) is 33.0 Å². The Morgan fingerprint density at radius 3 is 2.45 bits per heavy atom. The van der Waals surface area contributed by atoms with Gasteiger partial charge < -0.3 is 4.74 Å². The highest BCUT2D eigenvalue weighted by atomic mass is 17.2. The van der Waals surface area contributed by atoms with Crippen LogP contribution in [0, 0.1) is 0 Å². The second-order valence-electron chi connectivity index (χ2n) is 4.24. The molecule has 0 saturated carbocycles. The molecule has 0 amide bonds. The average molecular weight is 278 g/mol. The maximum atomic E-state index is 11.7. The van der Waals surface area contributed by atoms with Gasteiger partial charge in [0.05, 0.1) is 5.56 Å². The van der Waals surface area contributed by atoms with Crippen molar-refractivity contribution in [3.63, 3.8) is 0 Å². The molecule has 108 valence electrons. The first kappa shape index (κ1) is 15.9. The normalized spacial score (nSPS) is 11.5. The van der Waals surface area contributed by atoms with Gasteiger partial charge in [0.1, 0.15) is 0 Å². The van der Waals surface area contributed by atoms with E-state index in [2.05, 4.69) is 11.5 Å². The van der Waals surface area contributed by atoms with Crippen molar-refractivity contribution in [1.29, 1.82) is 0 Å². The lowest BCUT2D eigenvalue weighted by Gasteiger charge is -2.15. The van der Waals surface area contributed by atoms with Crippen LogP contribution in [-0.4, -0.2) is 18.2 Å². The van der Waals surface area contributed by atoms with Crippen LogP contribution in [0.4, 0.5) is 0 Å². The lowest BCUT2D eigenvalue weighted by Crippen LogP contribution is -2.23. The van der Waals surface area contributed by atoms with Crippen LogP contribution in [-0.2, 0) is 19.3 Å². The molecule has 0 aliphatic carbocycles. The van der Waals surface area contributed by atoms with E-state index in [9.17, 15) is 9.59 Å². The van der Waals surface area contributed by atoms with Crippen LogP contribution in [0.2, 0.25) is 0 Å². The van der Waals surface area contributed by atoms with Crippen LogP contribution in [0.25, 0.3) is 0 Å². The molecule has 0 N–H and O–H groups in total. The van der Waals surface area contributed by atoms with Crippen molar-refractivity contribution in [3.8, 4) is 0 Å². The molecule has 0 saturated heterocycles. The van der Waals surface area contributed by atoms with Crippen LogP contribution >= 0.6 is 0 Å². The van der Waals surface area contributed by atoms with Crippen molar-refractivity contribution in [2.75, 3.05) is 0 Å². The average Bonchev–Trinajstić information content (AvgIpc) is 2.45. The molecule has 1 aromatic rings. The fraction of sp³-hybridized carbons (Fsp3) is 0.333. The Bertz CT molecular complexity index is 466. The smallest absolute Gasteiger partial charge is 0.373 e. The number of ether oxygens (including phenoxy) is 1. The van der Waals surface area contributed by atoms with Crippen LogP contribution in [0.3, 0.4) is 0 Å². The minimum atomic E-state index is -0.933. The Hall–Kier alpha value is -2.14. The first-order chi connectivity index (χ1) is 9.54. The van der Waals surface area contributed by atoms with E-state index in [1.165, 1.54) is 6.92 Å². The van der Waals surface area contributed by atoms with Crippen molar-refractivity contribution >= 4 is 11.9 Å². The lowest BCUT2D eigenvalue weighted by molar-refractivity contribution is -0.331. The quantitative estimate of drug-likeness (QED) is 0.252. The Morgan fingerprint density at radius 1 is 1.25 bits per heavy atom. The number of hydrogen-bond donors (Lipinski definition) is 0. The summed E-state index contributed by atoms with van der Waals surface area (Å²) in [5, 5.41) is 0. The summed E-state index contributed by atoms with van der Waals surface area (Å²) in [4.78, 5) is 32.6. The third kappa shape index (κ3) is 5.24. The monoisotopic (exact) mass is 278 g/mol. The van der Waals surface area contributed by atoms with E-state index in [1.807, 2.05) is 6.92 Å². The van der Waals surface area contributed by atoms with Crippen molar-refractivity contribution in [2.24, 2.45) is 0 Å². The Balaban J connectivity index is 2.52. The maximum Gasteiger partial charge on any atom is 0.373 e. The molecule has 0 aliphatic rings. The zero-order valence-corrected chi connectivity index (χ0v) is 11.6. The first-order valence-electron chi connectivity index (χ1n) is 6.33. The molecule has 1 rings (SSSR count). The van der Waals surface area contributed by atoms with E-state index >= 15 is 0 Å².